The summed E-state index contributed by atoms with van der Waals surface area (Å²) in [6.07, 6.45) is 0. The predicted octanol–water partition coefficient (Wildman–Crippen LogP) is 1.16. The van der Waals surface area contributed by atoms with E-state index in [9.17, 15) is 8.42 Å². The van der Waals surface area contributed by atoms with Crippen molar-refractivity contribution in [2.45, 2.75) is 4.90 Å². The van der Waals surface area contributed by atoms with Crippen molar-refractivity contribution < 1.29 is 8.42 Å². The van der Waals surface area contributed by atoms with E-state index in [4.69, 9.17) is 29.6 Å². The van der Waals surface area contributed by atoms with Crippen LogP contribution in [-0.4, -0.2) is 56.8 Å². The van der Waals surface area contributed by atoms with Crippen LogP contribution in [0.5, 0.6) is 0 Å². The fourth-order valence-electron chi connectivity index (χ4n) is 1.50. The fraction of sp³-hybridized carbons (Fsp3) is 0.417. The summed E-state index contributed by atoms with van der Waals surface area (Å²) in [4.78, 5) is 2.18. The van der Waals surface area contributed by atoms with E-state index in [0.29, 0.717) is 18.7 Å². The molecule has 0 saturated carbocycles. The largest absolute Gasteiger partial charge is 0.389 e. The van der Waals surface area contributed by atoms with Crippen molar-refractivity contribution in [2.24, 2.45) is 5.73 Å². The Morgan fingerprint density at radius 1 is 1.30 bits per heavy atom. The van der Waals surface area contributed by atoms with Crippen molar-refractivity contribution in [1.82, 2.24) is 9.21 Å². The first-order valence-electron chi connectivity index (χ1n) is 5.86. The molecule has 0 saturated heterocycles. The highest BCUT2D eigenvalue weighted by Gasteiger charge is 2.21. The topological polar surface area (TPSA) is 66.6 Å². The summed E-state index contributed by atoms with van der Waals surface area (Å²) < 4.78 is 26.0. The number of nitrogens with zero attached hydrogens (tertiary/aromatic N) is 2. The summed E-state index contributed by atoms with van der Waals surface area (Å²) >= 11 is 10.8. The molecule has 0 bridgehead atoms. The van der Waals surface area contributed by atoms with Gasteiger partial charge in [0.2, 0.25) is 10.0 Å². The second kappa shape index (κ2) is 6.82. The van der Waals surface area contributed by atoms with E-state index in [1.165, 1.54) is 29.6 Å². The molecule has 1 aromatic carbocycles. The van der Waals surface area contributed by atoms with Gasteiger partial charge < -0.3 is 10.6 Å². The Hall–Kier alpha value is -0.730. The highest BCUT2D eigenvalue weighted by atomic mass is 35.5. The first-order chi connectivity index (χ1) is 9.16. The number of hydrogen-bond donors (Lipinski definition) is 1. The molecule has 0 spiro atoms. The summed E-state index contributed by atoms with van der Waals surface area (Å²) in [6, 6.07) is 4.36. The van der Waals surface area contributed by atoms with Crippen LogP contribution in [0.4, 0.5) is 0 Å². The number of hydrogen-bond acceptors (Lipinski definition) is 4. The quantitative estimate of drug-likeness (QED) is 0.790. The number of likely N-dealkylation sites (N-methyl/N-ethyl adjacent to an activating group) is 2. The van der Waals surface area contributed by atoms with Gasteiger partial charge in [0.25, 0.3) is 0 Å². The minimum atomic E-state index is -3.56. The zero-order valence-electron chi connectivity index (χ0n) is 11.6. The van der Waals surface area contributed by atoms with E-state index in [1.807, 2.05) is 19.0 Å². The van der Waals surface area contributed by atoms with Crippen LogP contribution in [0, 0.1) is 0 Å². The van der Waals surface area contributed by atoms with Crippen molar-refractivity contribution in [3.63, 3.8) is 0 Å². The molecule has 112 valence electrons. The number of rotatable bonds is 6. The summed E-state index contributed by atoms with van der Waals surface area (Å²) in [5.74, 6) is 0. The van der Waals surface area contributed by atoms with E-state index in [0.717, 1.165) is 0 Å². The average Bonchev–Trinajstić information content (AvgIpc) is 2.34. The van der Waals surface area contributed by atoms with Gasteiger partial charge >= 0.3 is 0 Å². The Morgan fingerprint density at radius 2 is 1.90 bits per heavy atom. The predicted molar refractivity (Wildman–Crippen MR) is 85.7 cm³/mol. The van der Waals surface area contributed by atoms with E-state index >= 15 is 0 Å². The van der Waals surface area contributed by atoms with E-state index in [-0.39, 0.29) is 14.9 Å². The van der Waals surface area contributed by atoms with Crippen LogP contribution in [0.2, 0.25) is 5.02 Å². The van der Waals surface area contributed by atoms with Crippen LogP contribution in [0.1, 0.15) is 5.56 Å². The fourth-order valence-corrected chi connectivity index (χ4v) is 3.27. The van der Waals surface area contributed by atoms with Crippen LogP contribution in [0.3, 0.4) is 0 Å². The molecule has 0 atom stereocenters. The third kappa shape index (κ3) is 4.13. The molecule has 0 aliphatic rings. The minimum Gasteiger partial charge on any atom is -0.389 e. The van der Waals surface area contributed by atoms with Crippen LogP contribution in [0.25, 0.3) is 0 Å². The molecule has 1 aromatic rings. The summed E-state index contributed by atoms with van der Waals surface area (Å²) in [5.41, 5.74) is 5.97. The summed E-state index contributed by atoms with van der Waals surface area (Å²) in [7, 11) is 1.74. The first-order valence-corrected chi connectivity index (χ1v) is 8.09. The van der Waals surface area contributed by atoms with Crippen molar-refractivity contribution in [3.05, 3.63) is 28.8 Å². The molecule has 0 unspecified atom stereocenters. The average molecular weight is 336 g/mol. The monoisotopic (exact) mass is 335 g/mol. The van der Waals surface area contributed by atoms with Crippen molar-refractivity contribution in [2.75, 3.05) is 34.2 Å². The SMILES string of the molecule is CN(C)CCN(C)S(=O)(=O)c1ccc(C(N)=S)c(Cl)c1. The van der Waals surface area contributed by atoms with Gasteiger partial charge in [0.1, 0.15) is 4.99 Å². The first kappa shape index (κ1) is 17.3. The van der Waals surface area contributed by atoms with Gasteiger partial charge in [-0.25, -0.2) is 8.42 Å². The standard InChI is InChI=1S/C12H18ClN3O2S2/c1-15(2)6-7-16(3)20(17,18)9-4-5-10(12(14)19)11(13)8-9/h4-5,8H,6-7H2,1-3H3,(H2,14,19). The number of nitrogens with two attached hydrogens (primary N) is 1. The van der Waals surface area contributed by atoms with E-state index in [2.05, 4.69) is 0 Å². The lowest BCUT2D eigenvalue weighted by Gasteiger charge is -2.19. The number of sulfonamides is 1. The second-order valence-corrected chi connectivity index (χ2v) is 7.53. The second-order valence-electron chi connectivity index (χ2n) is 4.64. The molecular weight excluding hydrogens is 318 g/mol. The Labute approximate surface area is 130 Å². The van der Waals surface area contributed by atoms with Gasteiger partial charge in [-0.3, -0.25) is 0 Å². The van der Waals surface area contributed by atoms with E-state index < -0.39 is 10.0 Å². The molecule has 1 rings (SSSR count). The van der Waals surface area contributed by atoms with Crippen LogP contribution >= 0.6 is 23.8 Å². The molecule has 20 heavy (non-hydrogen) atoms. The Bertz CT molecular complexity index is 603. The lowest BCUT2D eigenvalue weighted by Crippen LogP contribution is -2.33. The molecular formula is C12H18ClN3O2S2. The normalized spacial score (nSPS) is 12.1. The highest BCUT2D eigenvalue weighted by Crippen LogP contribution is 2.22. The molecule has 2 N–H and O–H groups in total. The summed E-state index contributed by atoms with van der Waals surface area (Å²) in [5, 5.41) is 0.236. The molecule has 0 radical (unpaired) electrons. The molecule has 0 amide bonds. The maximum atomic E-state index is 12.4. The highest BCUT2D eigenvalue weighted by molar-refractivity contribution is 7.89. The van der Waals surface area contributed by atoms with Crippen LogP contribution in [0.15, 0.2) is 23.1 Å². The zero-order valence-corrected chi connectivity index (χ0v) is 14.0. The lowest BCUT2D eigenvalue weighted by molar-refractivity contribution is 0.358. The maximum absolute atomic E-state index is 12.4. The van der Waals surface area contributed by atoms with Crippen molar-refractivity contribution in [3.8, 4) is 0 Å². The van der Waals surface area contributed by atoms with Crippen molar-refractivity contribution in [1.29, 1.82) is 0 Å². The maximum Gasteiger partial charge on any atom is 0.242 e. The number of halogens is 1. The van der Waals surface area contributed by atoms with Gasteiger partial charge in [-0.1, -0.05) is 23.8 Å². The smallest absolute Gasteiger partial charge is 0.242 e. The molecule has 0 heterocycles. The summed E-state index contributed by atoms with van der Waals surface area (Å²) in [6.45, 7) is 1.03. The lowest BCUT2D eigenvalue weighted by atomic mass is 10.2. The van der Waals surface area contributed by atoms with Gasteiger partial charge in [0.15, 0.2) is 0 Å². The van der Waals surface area contributed by atoms with Gasteiger partial charge in [-0.15, -0.1) is 0 Å². The molecule has 0 aliphatic carbocycles. The Kier molecular flexibility index (Phi) is 5.91. The molecule has 5 nitrogen and oxygen atoms in total. The molecule has 8 heteroatoms. The van der Waals surface area contributed by atoms with Gasteiger partial charge in [-0.05, 0) is 32.3 Å². The molecule has 0 aromatic heterocycles. The van der Waals surface area contributed by atoms with Gasteiger partial charge in [0, 0.05) is 25.7 Å². The van der Waals surface area contributed by atoms with E-state index in [1.54, 1.807) is 0 Å². The Balaban J connectivity index is 3.04. The van der Waals surface area contributed by atoms with Gasteiger partial charge in [-0.2, -0.15) is 4.31 Å². The Morgan fingerprint density at radius 3 is 2.35 bits per heavy atom. The third-order valence-electron chi connectivity index (χ3n) is 2.78. The number of thiocarbonyl (C=S) groups is 1. The molecule has 0 aliphatic heterocycles. The molecule has 0 fully saturated rings. The van der Waals surface area contributed by atoms with Gasteiger partial charge in [0.05, 0.1) is 9.92 Å². The third-order valence-corrected chi connectivity index (χ3v) is 5.16. The number of benzene rings is 1. The minimum absolute atomic E-state index is 0.128. The van der Waals surface area contributed by atoms with Crippen molar-refractivity contribution >= 4 is 38.8 Å². The van der Waals surface area contributed by atoms with Crippen LogP contribution in [-0.2, 0) is 10.0 Å². The zero-order chi connectivity index (χ0) is 15.5. The van der Waals surface area contributed by atoms with Crippen LogP contribution < -0.4 is 5.73 Å².